The van der Waals surface area contributed by atoms with Crippen LogP contribution in [0.1, 0.15) is 10.5 Å². The van der Waals surface area contributed by atoms with Gasteiger partial charge in [-0.1, -0.05) is 0 Å². The van der Waals surface area contributed by atoms with E-state index in [0.29, 0.717) is 5.56 Å². The molecule has 8 nitrogen and oxygen atoms in total. The first-order chi connectivity index (χ1) is 9.13. The summed E-state index contributed by atoms with van der Waals surface area (Å²) in [6.45, 7) is 0. The van der Waals surface area contributed by atoms with Gasteiger partial charge in [0.25, 0.3) is 0 Å². The van der Waals surface area contributed by atoms with Crippen LogP contribution in [0.4, 0.5) is 5.95 Å². The average molecular weight is 261 g/mol. The lowest BCUT2D eigenvalue weighted by molar-refractivity contribution is 0.0593. The molecule has 98 valence electrons. The molecule has 0 amide bonds. The maximum absolute atomic E-state index is 11.5. The molecule has 2 aromatic rings. The van der Waals surface area contributed by atoms with Crippen molar-refractivity contribution in [2.75, 3.05) is 20.0 Å². The van der Waals surface area contributed by atoms with Gasteiger partial charge in [-0.3, -0.25) is 0 Å². The first-order valence-electron chi connectivity index (χ1n) is 5.23. The minimum atomic E-state index is -0.585. The molecule has 0 radical (unpaired) electrons. The number of methoxy groups -OCH3 is 2. The molecule has 2 heterocycles. The van der Waals surface area contributed by atoms with Crippen LogP contribution in [0.5, 0.6) is 5.88 Å². The largest absolute Gasteiger partial charge is 0.481 e. The van der Waals surface area contributed by atoms with E-state index in [4.69, 9.17) is 10.5 Å². The van der Waals surface area contributed by atoms with E-state index >= 15 is 0 Å². The quantitative estimate of drug-likeness (QED) is 0.785. The Balaban J connectivity index is 2.50. The van der Waals surface area contributed by atoms with Gasteiger partial charge in [0.15, 0.2) is 11.5 Å². The Kier molecular flexibility index (Phi) is 3.51. The third-order valence-electron chi connectivity index (χ3n) is 2.24. The van der Waals surface area contributed by atoms with Gasteiger partial charge >= 0.3 is 5.97 Å². The van der Waals surface area contributed by atoms with Gasteiger partial charge in [-0.2, -0.15) is 4.98 Å². The summed E-state index contributed by atoms with van der Waals surface area (Å²) in [7, 11) is 2.70. The first kappa shape index (κ1) is 12.7. The number of aromatic nitrogens is 4. The highest BCUT2D eigenvalue weighted by molar-refractivity contribution is 5.88. The molecule has 0 aliphatic rings. The van der Waals surface area contributed by atoms with Gasteiger partial charge in [-0.15, -0.1) is 0 Å². The molecular weight excluding hydrogens is 250 g/mol. The summed E-state index contributed by atoms with van der Waals surface area (Å²) in [4.78, 5) is 27.3. The summed E-state index contributed by atoms with van der Waals surface area (Å²) in [5, 5.41) is 0. The molecular formula is C11H11N5O3. The molecule has 0 bridgehead atoms. The van der Waals surface area contributed by atoms with Gasteiger partial charge in [0.05, 0.1) is 19.8 Å². The maximum atomic E-state index is 11.5. The zero-order chi connectivity index (χ0) is 13.8. The number of carbonyl (C=O) groups is 1. The van der Waals surface area contributed by atoms with Crippen molar-refractivity contribution < 1.29 is 14.3 Å². The maximum Gasteiger partial charge on any atom is 0.356 e. The van der Waals surface area contributed by atoms with Gasteiger partial charge < -0.3 is 15.2 Å². The zero-order valence-corrected chi connectivity index (χ0v) is 10.3. The molecule has 0 aromatic carbocycles. The highest BCUT2D eigenvalue weighted by Gasteiger charge is 2.14. The predicted octanol–water partition coefficient (Wildman–Crippen LogP) is 0.311. The van der Waals surface area contributed by atoms with Crippen LogP contribution in [0.2, 0.25) is 0 Å². The topological polar surface area (TPSA) is 113 Å². The smallest absolute Gasteiger partial charge is 0.356 e. The third-order valence-corrected chi connectivity index (χ3v) is 2.24. The lowest BCUT2D eigenvalue weighted by Crippen LogP contribution is -2.07. The SMILES string of the molecule is COC(=O)c1cc(OC)nc(-c2cnc(N)nc2)n1. The highest BCUT2D eigenvalue weighted by atomic mass is 16.5. The molecule has 0 spiro atoms. The molecule has 0 aliphatic carbocycles. The Hall–Kier alpha value is -2.77. The summed E-state index contributed by atoms with van der Waals surface area (Å²) in [6.07, 6.45) is 2.91. The van der Waals surface area contributed by atoms with Crippen LogP contribution in [-0.4, -0.2) is 40.1 Å². The highest BCUT2D eigenvalue weighted by Crippen LogP contribution is 2.18. The fourth-order valence-electron chi connectivity index (χ4n) is 1.32. The Morgan fingerprint density at radius 2 is 1.89 bits per heavy atom. The molecule has 2 aromatic heterocycles. The van der Waals surface area contributed by atoms with Crippen molar-refractivity contribution in [3.63, 3.8) is 0 Å². The number of hydrogen-bond acceptors (Lipinski definition) is 8. The van der Waals surface area contributed by atoms with Crippen molar-refractivity contribution in [1.82, 2.24) is 19.9 Å². The van der Waals surface area contributed by atoms with E-state index in [-0.39, 0.29) is 23.3 Å². The number of anilines is 1. The number of hydrogen-bond donors (Lipinski definition) is 1. The van der Waals surface area contributed by atoms with E-state index in [1.807, 2.05) is 0 Å². The fraction of sp³-hybridized carbons (Fsp3) is 0.182. The van der Waals surface area contributed by atoms with Crippen LogP contribution < -0.4 is 10.5 Å². The van der Waals surface area contributed by atoms with Crippen molar-refractivity contribution in [1.29, 1.82) is 0 Å². The van der Waals surface area contributed by atoms with E-state index in [2.05, 4.69) is 24.7 Å². The van der Waals surface area contributed by atoms with Crippen LogP contribution in [0.15, 0.2) is 18.5 Å². The van der Waals surface area contributed by atoms with Crippen molar-refractivity contribution in [2.45, 2.75) is 0 Å². The second-order valence-electron chi connectivity index (χ2n) is 3.44. The van der Waals surface area contributed by atoms with Crippen molar-refractivity contribution in [3.8, 4) is 17.3 Å². The summed E-state index contributed by atoms with van der Waals surface area (Å²) in [5.74, 6) is 0.0418. The number of rotatable bonds is 3. The second kappa shape index (κ2) is 5.25. The lowest BCUT2D eigenvalue weighted by Gasteiger charge is -2.05. The molecule has 0 aliphatic heterocycles. The van der Waals surface area contributed by atoms with Gasteiger partial charge in [0.2, 0.25) is 11.8 Å². The van der Waals surface area contributed by atoms with E-state index in [0.717, 1.165) is 0 Å². The predicted molar refractivity (Wildman–Crippen MR) is 65.4 cm³/mol. The molecule has 0 unspecified atom stereocenters. The molecule has 0 fully saturated rings. The summed E-state index contributed by atoms with van der Waals surface area (Å²) in [5.41, 5.74) is 6.00. The summed E-state index contributed by atoms with van der Waals surface area (Å²) >= 11 is 0. The zero-order valence-electron chi connectivity index (χ0n) is 10.3. The summed E-state index contributed by atoms with van der Waals surface area (Å²) < 4.78 is 9.62. The van der Waals surface area contributed by atoms with Crippen molar-refractivity contribution in [3.05, 3.63) is 24.2 Å². The van der Waals surface area contributed by atoms with Crippen LogP contribution in [0, 0.1) is 0 Å². The number of nitrogens with zero attached hydrogens (tertiary/aromatic N) is 4. The van der Waals surface area contributed by atoms with Gasteiger partial charge in [0, 0.05) is 18.5 Å². The number of carbonyl (C=O) groups excluding carboxylic acids is 1. The number of ether oxygens (including phenoxy) is 2. The molecule has 2 N–H and O–H groups in total. The minimum absolute atomic E-state index is 0.0844. The standard InChI is InChI=1S/C11H11N5O3/c1-18-8-3-7(10(17)19-2)15-9(16-8)6-4-13-11(12)14-5-6/h3-5H,1-2H3,(H2,12,13,14). The normalized spacial score (nSPS) is 10.0. The van der Waals surface area contributed by atoms with Gasteiger partial charge in [0.1, 0.15) is 0 Å². The number of nitrogens with two attached hydrogens (primary N) is 1. The van der Waals surface area contributed by atoms with Gasteiger partial charge in [-0.05, 0) is 0 Å². The van der Waals surface area contributed by atoms with E-state index < -0.39 is 5.97 Å². The average Bonchev–Trinajstić information content (AvgIpc) is 2.46. The van der Waals surface area contributed by atoms with Gasteiger partial charge in [-0.25, -0.2) is 19.7 Å². The molecule has 19 heavy (non-hydrogen) atoms. The third kappa shape index (κ3) is 2.73. The number of esters is 1. The Morgan fingerprint density at radius 3 is 2.47 bits per heavy atom. The van der Waals surface area contributed by atoms with Crippen LogP contribution in [0.25, 0.3) is 11.4 Å². The van der Waals surface area contributed by atoms with E-state index in [1.165, 1.54) is 32.7 Å². The lowest BCUT2D eigenvalue weighted by atomic mass is 10.3. The van der Waals surface area contributed by atoms with E-state index in [9.17, 15) is 4.79 Å². The van der Waals surface area contributed by atoms with Crippen molar-refractivity contribution >= 4 is 11.9 Å². The Morgan fingerprint density at radius 1 is 1.21 bits per heavy atom. The first-order valence-corrected chi connectivity index (χ1v) is 5.23. The minimum Gasteiger partial charge on any atom is -0.481 e. The fourth-order valence-corrected chi connectivity index (χ4v) is 1.32. The number of nitrogen functional groups attached to an aromatic ring is 1. The summed E-state index contributed by atoms with van der Waals surface area (Å²) in [6, 6.07) is 1.38. The van der Waals surface area contributed by atoms with Crippen LogP contribution in [0.3, 0.4) is 0 Å². The Bertz CT molecular complexity index is 600. The molecule has 8 heteroatoms. The van der Waals surface area contributed by atoms with Crippen molar-refractivity contribution in [2.24, 2.45) is 0 Å². The molecule has 2 rings (SSSR count). The molecule has 0 atom stereocenters. The van der Waals surface area contributed by atoms with Crippen LogP contribution >= 0.6 is 0 Å². The van der Waals surface area contributed by atoms with Crippen LogP contribution in [-0.2, 0) is 4.74 Å². The second-order valence-corrected chi connectivity index (χ2v) is 3.44. The Labute approximate surface area is 108 Å². The van der Waals surface area contributed by atoms with E-state index in [1.54, 1.807) is 0 Å². The molecule has 0 saturated heterocycles. The molecule has 0 saturated carbocycles. The monoisotopic (exact) mass is 261 g/mol.